The summed E-state index contributed by atoms with van der Waals surface area (Å²) in [4.78, 5) is 25.6. The van der Waals surface area contributed by atoms with E-state index >= 15 is 0 Å². The van der Waals surface area contributed by atoms with E-state index in [0.29, 0.717) is 0 Å². The highest BCUT2D eigenvalue weighted by molar-refractivity contribution is 6.30. The number of aromatic nitrogens is 2. The van der Waals surface area contributed by atoms with Gasteiger partial charge in [-0.25, -0.2) is 0 Å². The first-order chi connectivity index (χ1) is 12.8. The van der Waals surface area contributed by atoms with E-state index in [1.807, 2.05) is 24.3 Å². The average Bonchev–Trinajstić information content (AvgIpc) is 2.93. The van der Waals surface area contributed by atoms with Gasteiger partial charge < -0.3 is 5.32 Å². The molecule has 1 aromatic carbocycles. The molecule has 1 fully saturated rings. The van der Waals surface area contributed by atoms with Crippen LogP contribution in [-0.4, -0.2) is 44.6 Å². The molecular weight excluding hydrogens is 370 g/mol. The number of halogens is 1. The zero-order chi connectivity index (χ0) is 19.6. The number of carbonyl (C=O) groups excluding carboxylic acids is 1. The molecule has 1 aliphatic rings. The number of rotatable bonds is 5. The van der Waals surface area contributed by atoms with E-state index in [9.17, 15) is 14.9 Å². The van der Waals surface area contributed by atoms with Crippen molar-refractivity contribution in [2.45, 2.75) is 32.4 Å². The molecule has 0 bridgehead atoms. The molecule has 8 nitrogen and oxygen atoms in total. The van der Waals surface area contributed by atoms with Crippen molar-refractivity contribution in [2.24, 2.45) is 7.05 Å². The Morgan fingerprint density at radius 2 is 1.96 bits per heavy atom. The van der Waals surface area contributed by atoms with Crippen molar-refractivity contribution < 1.29 is 9.72 Å². The van der Waals surface area contributed by atoms with E-state index in [4.69, 9.17) is 11.6 Å². The van der Waals surface area contributed by atoms with E-state index in [2.05, 4.69) is 15.3 Å². The van der Waals surface area contributed by atoms with Gasteiger partial charge in [-0.05, 0) is 37.5 Å². The highest BCUT2D eigenvalue weighted by Gasteiger charge is 2.31. The van der Waals surface area contributed by atoms with Gasteiger partial charge in [0.2, 0.25) is 5.69 Å². The zero-order valence-corrected chi connectivity index (χ0v) is 16.1. The number of nitrogens with zero attached hydrogens (tertiary/aromatic N) is 4. The second-order valence-electron chi connectivity index (χ2n) is 6.81. The number of hydrogen-bond donors (Lipinski definition) is 1. The molecule has 0 radical (unpaired) electrons. The number of piperidine rings is 1. The van der Waals surface area contributed by atoms with Crippen LogP contribution in [0.3, 0.4) is 0 Å². The molecule has 0 spiro atoms. The summed E-state index contributed by atoms with van der Waals surface area (Å²) in [5.41, 5.74) is 1.21. The first-order valence-corrected chi connectivity index (χ1v) is 9.18. The Morgan fingerprint density at radius 1 is 1.33 bits per heavy atom. The molecule has 3 rings (SSSR count). The lowest BCUT2D eigenvalue weighted by Gasteiger charge is -2.32. The molecule has 0 unspecified atom stereocenters. The largest absolute Gasteiger partial charge is 0.348 e. The summed E-state index contributed by atoms with van der Waals surface area (Å²) in [5.74, 6) is -0.444. The van der Waals surface area contributed by atoms with Gasteiger partial charge in [-0.1, -0.05) is 23.7 Å². The molecule has 0 aliphatic carbocycles. The lowest BCUT2D eigenvalue weighted by molar-refractivity contribution is -0.385. The van der Waals surface area contributed by atoms with E-state index < -0.39 is 10.8 Å². The zero-order valence-electron chi connectivity index (χ0n) is 15.3. The Balaban J connectivity index is 1.57. The SMILES string of the molecule is Cc1nn(C)c(C(=O)NC2CCN(Cc3ccc(Cl)cc3)CC2)c1[N+](=O)[O-]. The number of likely N-dealkylation sites (tertiary alicyclic amines) is 1. The third-order valence-corrected chi connectivity index (χ3v) is 5.08. The summed E-state index contributed by atoms with van der Waals surface area (Å²) in [5, 5.41) is 18.9. The Hall–Kier alpha value is -2.45. The van der Waals surface area contributed by atoms with Crippen molar-refractivity contribution >= 4 is 23.2 Å². The molecule has 0 atom stereocenters. The van der Waals surface area contributed by atoms with Crippen LogP contribution in [0.25, 0.3) is 0 Å². The summed E-state index contributed by atoms with van der Waals surface area (Å²) in [7, 11) is 1.55. The van der Waals surface area contributed by atoms with Crippen molar-refractivity contribution in [3.63, 3.8) is 0 Å². The van der Waals surface area contributed by atoms with Gasteiger partial charge in [-0.2, -0.15) is 5.10 Å². The van der Waals surface area contributed by atoms with Crippen molar-refractivity contribution in [1.82, 2.24) is 20.0 Å². The van der Waals surface area contributed by atoms with Crippen molar-refractivity contribution in [3.8, 4) is 0 Å². The average molecular weight is 392 g/mol. The van der Waals surface area contributed by atoms with Gasteiger partial charge in [-0.15, -0.1) is 0 Å². The second kappa shape index (κ2) is 8.06. The molecular formula is C18H22ClN5O3. The van der Waals surface area contributed by atoms with Crippen LogP contribution in [0.1, 0.15) is 34.6 Å². The van der Waals surface area contributed by atoms with E-state index in [-0.39, 0.29) is 23.1 Å². The van der Waals surface area contributed by atoms with Gasteiger partial charge in [0.15, 0.2) is 0 Å². The first kappa shape index (κ1) is 19.3. The number of nitro groups is 1. The van der Waals surface area contributed by atoms with Crippen LogP contribution in [-0.2, 0) is 13.6 Å². The van der Waals surface area contributed by atoms with E-state index in [1.165, 1.54) is 17.2 Å². The van der Waals surface area contributed by atoms with Crippen LogP contribution in [0.5, 0.6) is 0 Å². The van der Waals surface area contributed by atoms with Gasteiger partial charge in [0.1, 0.15) is 5.69 Å². The first-order valence-electron chi connectivity index (χ1n) is 8.81. The molecule has 1 aliphatic heterocycles. The minimum atomic E-state index is -0.550. The molecule has 2 heterocycles. The number of hydrogen-bond acceptors (Lipinski definition) is 5. The molecule has 1 N–H and O–H groups in total. The molecule has 2 aromatic rings. The summed E-state index contributed by atoms with van der Waals surface area (Å²) in [6, 6.07) is 7.79. The molecule has 0 saturated carbocycles. The predicted octanol–water partition coefficient (Wildman–Crippen LogP) is 2.68. The summed E-state index contributed by atoms with van der Waals surface area (Å²) < 4.78 is 1.28. The maximum absolute atomic E-state index is 12.6. The lowest BCUT2D eigenvalue weighted by Crippen LogP contribution is -2.44. The number of benzene rings is 1. The topological polar surface area (TPSA) is 93.3 Å². The minimum absolute atomic E-state index is 0.00101. The molecule has 144 valence electrons. The van der Waals surface area contributed by atoms with Crippen molar-refractivity contribution in [1.29, 1.82) is 0 Å². The predicted molar refractivity (Wildman–Crippen MR) is 102 cm³/mol. The highest BCUT2D eigenvalue weighted by atomic mass is 35.5. The quantitative estimate of drug-likeness (QED) is 0.624. The third kappa shape index (κ3) is 4.45. The Bertz CT molecular complexity index is 841. The highest BCUT2D eigenvalue weighted by Crippen LogP contribution is 2.23. The van der Waals surface area contributed by atoms with Gasteiger partial charge in [-0.3, -0.25) is 24.5 Å². The van der Waals surface area contributed by atoms with Gasteiger partial charge >= 0.3 is 5.69 Å². The molecule has 1 aromatic heterocycles. The van der Waals surface area contributed by atoms with Crippen molar-refractivity contribution in [2.75, 3.05) is 13.1 Å². The second-order valence-corrected chi connectivity index (χ2v) is 7.25. The Labute approximate surface area is 162 Å². The monoisotopic (exact) mass is 391 g/mol. The maximum Gasteiger partial charge on any atom is 0.322 e. The van der Waals surface area contributed by atoms with Crippen LogP contribution < -0.4 is 5.32 Å². The fourth-order valence-corrected chi connectivity index (χ4v) is 3.58. The molecule has 1 saturated heterocycles. The van der Waals surface area contributed by atoms with Crippen LogP contribution >= 0.6 is 11.6 Å². The Morgan fingerprint density at radius 3 is 2.56 bits per heavy atom. The van der Waals surface area contributed by atoms with Crippen molar-refractivity contribution in [3.05, 3.63) is 56.4 Å². The number of amides is 1. The van der Waals surface area contributed by atoms with Gasteiger partial charge in [0.05, 0.1) is 4.92 Å². The maximum atomic E-state index is 12.6. The Kier molecular flexibility index (Phi) is 5.76. The number of carbonyl (C=O) groups is 1. The number of nitrogens with one attached hydrogen (secondary N) is 1. The summed E-state index contributed by atoms with van der Waals surface area (Å²) in [6.45, 7) is 4.06. The van der Waals surface area contributed by atoms with Gasteiger partial charge in [0.25, 0.3) is 5.91 Å². The fraction of sp³-hybridized carbons (Fsp3) is 0.444. The van der Waals surface area contributed by atoms with E-state index in [1.54, 1.807) is 7.05 Å². The standard InChI is InChI=1S/C18H22ClN5O3/c1-12-16(24(26)27)17(22(2)21-12)18(25)20-15-7-9-23(10-8-15)11-13-3-5-14(19)6-4-13/h3-6,15H,7-11H2,1-2H3,(H,20,25). The minimum Gasteiger partial charge on any atom is -0.348 e. The van der Waals surface area contributed by atoms with Gasteiger partial charge in [0, 0.05) is 37.7 Å². The number of aryl methyl sites for hydroxylation is 2. The molecule has 1 amide bonds. The summed E-state index contributed by atoms with van der Waals surface area (Å²) >= 11 is 5.91. The van der Waals surface area contributed by atoms with Crippen LogP contribution in [0.2, 0.25) is 5.02 Å². The van der Waals surface area contributed by atoms with Crippen LogP contribution in [0.15, 0.2) is 24.3 Å². The fourth-order valence-electron chi connectivity index (χ4n) is 3.46. The summed E-state index contributed by atoms with van der Waals surface area (Å²) in [6.07, 6.45) is 1.59. The third-order valence-electron chi connectivity index (χ3n) is 4.83. The smallest absolute Gasteiger partial charge is 0.322 e. The molecule has 9 heteroatoms. The van der Waals surface area contributed by atoms with Crippen LogP contribution in [0.4, 0.5) is 5.69 Å². The normalized spacial score (nSPS) is 15.7. The lowest BCUT2D eigenvalue weighted by atomic mass is 10.0. The van der Waals surface area contributed by atoms with Crippen LogP contribution in [0, 0.1) is 17.0 Å². The molecule has 27 heavy (non-hydrogen) atoms. The van der Waals surface area contributed by atoms with E-state index in [0.717, 1.165) is 37.5 Å².